The quantitative estimate of drug-likeness (QED) is 0.771. The van der Waals surface area contributed by atoms with Crippen molar-refractivity contribution in [2.75, 3.05) is 20.1 Å². The van der Waals surface area contributed by atoms with Crippen LogP contribution in [0.2, 0.25) is 0 Å². The van der Waals surface area contributed by atoms with Gasteiger partial charge in [0.1, 0.15) is 0 Å². The van der Waals surface area contributed by atoms with Crippen LogP contribution in [0.3, 0.4) is 0 Å². The van der Waals surface area contributed by atoms with Crippen LogP contribution >= 0.6 is 0 Å². The van der Waals surface area contributed by atoms with Gasteiger partial charge >= 0.3 is 0 Å². The number of hydrogen-bond donors (Lipinski definition) is 1. The molecule has 3 rings (SSSR count). The maximum atomic E-state index is 6.20. The van der Waals surface area contributed by atoms with E-state index >= 15 is 0 Å². The number of likely N-dealkylation sites (tertiary alicyclic amines) is 1. The number of fused-ring (bicyclic) bond motifs is 1. The van der Waals surface area contributed by atoms with Gasteiger partial charge in [0.05, 0.1) is 0 Å². The zero-order valence-corrected chi connectivity index (χ0v) is 9.95. The number of likely N-dealkylation sites (N-methyl/N-ethyl adjacent to an activating group) is 1. The van der Waals surface area contributed by atoms with Crippen LogP contribution in [0, 0.1) is 0 Å². The first-order chi connectivity index (χ1) is 7.74. The molecule has 1 aromatic rings. The Morgan fingerprint density at radius 3 is 2.75 bits per heavy atom. The third kappa shape index (κ3) is 1.66. The normalized spacial score (nSPS) is 29.6. The predicted molar refractivity (Wildman–Crippen MR) is 66.7 cm³/mol. The molecule has 0 radical (unpaired) electrons. The molecule has 2 unspecified atom stereocenters. The number of aryl methyl sites for hydroxylation is 2. The first-order valence-corrected chi connectivity index (χ1v) is 6.30. The van der Waals surface area contributed by atoms with E-state index in [1.165, 1.54) is 24.8 Å². The number of benzene rings is 1. The first kappa shape index (κ1) is 10.3. The Morgan fingerprint density at radius 1 is 1.19 bits per heavy atom. The summed E-state index contributed by atoms with van der Waals surface area (Å²) >= 11 is 0. The van der Waals surface area contributed by atoms with Crippen LogP contribution in [0.4, 0.5) is 0 Å². The Bertz CT molecular complexity index is 400. The molecule has 0 aromatic heterocycles. The lowest BCUT2D eigenvalue weighted by molar-refractivity contribution is 0.407. The van der Waals surface area contributed by atoms with E-state index in [0.29, 0.717) is 12.0 Å². The third-order valence-electron chi connectivity index (χ3n) is 4.10. The summed E-state index contributed by atoms with van der Waals surface area (Å²) in [6, 6.07) is 7.34. The molecule has 2 nitrogen and oxygen atoms in total. The van der Waals surface area contributed by atoms with Gasteiger partial charge in [0.2, 0.25) is 0 Å². The van der Waals surface area contributed by atoms with Crippen molar-refractivity contribution in [2.24, 2.45) is 5.73 Å². The van der Waals surface area contributed by atoms with E-state index in [4.69, 9.17) is 5.73 Å². The van der Waals surface area contributed by atoms with Gasteiger partial charge in [-0.25, -0.2) is 0 Å². The summed E-state index contributed by atoms with van der Waals surface area (Å²) in [4.78, 5) is 2.34. The van der Waals surface area contributed by atoms with Crippen LogP contribution in [0.1, 0.15) is 29.0 Å². The van der Waals surface area contributed by atoms with Crippen LogP contribution in [0.5, 0.6) is 0 Å². The molecule has 1 aromatic carbocycles. The second-order valence-corrected chi connectivity index (χ2v) is 5.37. The fraction of sp³-hybridized carbons (Fsp3) is 0.571. The molecule has 1 saturated heterocycles. The highest BCUT2D eigenvalue weighted by atomic mass is 15.1. The molecule has 2 heteroatoms. The molecule has 2 atom stereocenters. The Kier molecular flexibility index (Phi) is 2.49. The van der Waals surface area contributed by atoms with Gasteiger partial charge in [0.25, 0.3) is 0 Å². The minimum atomic E-state index is 0.310. The van der Waals surface area contributed by atoms with Gasteiger partial charge < -0.3 is 10.6 Å². The van der Waals surface area contributed by atoms with Crippen molar-refractivity contribution >= 4 is 0 Å². The van der Waals surface area contributed by atoms with Crippen molar-refractivity contribution in [3.05, 3.63) is 34.9 Å². The Labute approximate surface area is 97.4 Å². The fourth-order valence-electron chi connectivity index (χ4n) is 3.21. The van der Waals surface area contributed by atoms with Gasteiger partial charge in [-0.2, -0.15) is 0 Å². The summed E-state index contributed by atoms with van der Waals surface area (Å²) in [6.07, 6.45) is 3.86. The van der Waals surface area contributed by atoms with E-state index in [0.717, 1.165) is 13.1 Å². The molecule has 0 amide bonds. The highest BCUT2D eigenvalue weighted by Crippen LogP contribution is 2.30. The first-order valence-electron chi connectivity index (χ1n) is 6.30. The van der Waals surface area contributed by atoms with Crippen molar-refractivity contribution in [2.45, 2.75) is 31.2 Å². The molecule has 1 aliphatic heterocycles. The summed E-state index contributed by atoms with van der Waals surface area (Å²) in [5.74, 6) is 0.538. The Hall–Kier alpha value is -0.860. The van der Waals surface area contributed by atoms with Crippen molar-refractivity contribution in [1.82, 2.24) is 4.90 Å². The zero-order valence-electron chi connectivity index (χ0n) is 9.95. The van der Waals surface area contributed by atoms with E-state index in [-0.39, 0.29) is 0 Å². The average molecular weight is 216 g/mol. The molecule has 1 aliphatic carbocycles. The second-order valence-electron chi connectivity index (χ2n) is 5.37. The predicted octanol–water partition coefficient (Wildman–Crippen LogP) is 1.53. The van der Waals surface area contributed by atoms with Crippen LogP contribution < -0.4 is 5.73 Å². The maximum Gasteiger partial charge on any atom is 0.0249 e. The monoisotopic (exact) mass is 216 g/mol. The largest absolute Gasteiger partial charge is 0.326 e. The summed E-state index contributed by atoms with van der Waals surface area (Å²) < 4.78 is 0. The maximum absolute atomic E-state index is 6.20. The van der Waals surface area contributed by atoms with E-state index in [1.807, 2.05) is 0 Å². The molecule has 0 bridgehead atoms. The smallest absolute Gasteiger partial charge is 0.0249 e. The highest BCUT2D eigenvalue weighted by Gasteiger charge is 2.29. The Morgan fingerprint density at radius 2 is 2.00 bits per heavy atom. The molecular formula is C14H20N2. The van der Waals surface area contributed by atoms with Crippen LogP contribution in [-0.2, 0) is 12.8 Å². The molecule has 0 saturated carbocycles. The van der Waals surface area contributed by atoms with E-state index in [1.54, 1.807) is 11.1 Å². The summed E-state index contributed by atoms with van der Waals surface area (Å²) in [5, 5.41) is 0. The molecule has 86 valence electrons. The molecule has 1 heterocycles. The Balaban J connectivity index is 1.89. The van der Waals surface area contributed by atoms with Crippen LogP contribution in [-0.4, -0.2) is 31.1 Å². The van der Waals surface area contributed by atoms with Gasteiger partial charge in [0.15, 0.2) is 0 Å². The van der Waals surface area contributed by atoms with Crippen molar-refractivity contribution < 1.29 is 0 Å². The van der Waals surface area contributed by atoms with Gasteiger partial charge in [-0.15, -0.1) is 0 Å². The SMILES string of the molecule is CN1CC(N)C(c2ccc3c(c2)CCC3)C1. The van der Waals surface area contributed by atoms with Gasteiger partial charge in [0, 0.05) is 25.0 Å². The summed E-state index contributed by atoms with van der Waals surface area (Å²) in [6.45, 7) is 2.14. The fourth-order valence-corrected chi connectivity index (χ4v) is 3.21. The molecule has 16 heavy (non-hydrogen) atoms. The van der Waals surface area contributed by atoms with Crippen molar-refractivity contribution in [1.29, 1.82) is 0 Å². The second kappa shape index (κ2) is 3.86. The molecule has 0 spiro atoms. The molecule has 2 N–H and O–H groups in total. The lowest BCUT2D eigenvalue weighted by Gasteiger charge is -2.16. The number of hydrogen-bond acceptors (Lipinski definition) is 2. The molecular weight excluding hydrogens is 196 g/mol. The van der Waals surface area contributed by atoms with Crippen LogP contribution in [0.15, 0.2) is 18.2 Å². The van der Waals surface area contributed by atoms with Crippen LogP contribution in [0.25, 0.3) is 0 Å². The third-order valence-corrected chi connectivity index (χ3v) is 4.10. The topological polar surface area (TPSA) is 29.3 Å². The average Bonchev–Trinajstić information content (AvgIpc) is 2.83. The molecule has 1 fully saturated rings. The summed E-state index contributed by atoms with van der Waals surface area (Å²) in [7, 11) is 2.16. The lowest BCUT2D eigenvalue weighted by atomic mass is 9.92. The lowest BCUT2D eigenvalue weighted by Crippen LogP contribution is -2.27. The van der Waals surface area contributed by atoms with Gasteiger partial charge in [-0.3, -0.25) is 0 Å². The number of nitrogens with zero attached hydrogens (tertiary/aromatic N) is 1. The van der Waals surface area contributed by atoms with E-state index < -0.39 is 0 Å². The van der Waals surface area contributed by atoms with E-state index in [9.17, 15) is 0 Å². The number of rotatable bonds is 1. The van der Waals surface area contributed by atoms with Gasteiger partial charge in [-0.1, -0.05) is 18.2 Å². The highest BCUT2D eigenvalue weighted by molar-refractivity contribution is 5.37. The summed E-state index contributed by atoms with van der Waals surface area (Å²) in [5.41, 5.74) is 10.8. The minimum Gasteiger partial charge on any atom is -0.326 e. The van der Waals surface area contributed by atoms with E-state index in [2.05, 4.69) is 30.1 Å². The zero-order chi connectivity index (χ0) is 11.1. The number of nitrogens with two attached hydrogens (primary N) is 1. The standard InChI is InChI=1S/C14H20N2/c1-16-8-13(14(15)9-16)12-6-5-10-3-2-4-11(10)7-12/h5-7,13-14H,2-4,8-9,15H2,1H3. The van der Waals surface area contributed by atoms with Crippen molar-refractivity contribution in [3.8, 4) is 0 Å². The van der Waals surface area contributed by atoms with Crippen molar-refractivity contribution in [3.63, 3.8) is 0 Å². The van der Waals surface area contributed by atoms with Gasteiger partial charge in [-0.05, 0) is 43.0 Å². The molecule has 2 aliphatic rings. The minimum absolute atomic E-state index is 0.310.